The molecule has 0 saturated heterocycles. The molecule has 0 aliphatic carbocycles. The SMILES string of the molecule is N#CN=C(N)N(Cl)C#N. The smallest absolute Gasteiger partial charge is 0.235 e. The fraction of sp³-hybridized carbons (Fsp3) is 0. The number of nitrogens with two attached hydrogens (primary N) is 1. The molecular formula is C3H2ClN5. The first-order chi connectivity index (χ1) is 4.22. The fourth-order valence-corrected chi connectivity index (χ4v) is 0.184. The van der Waals surface area contributed by atoms with Crippen LogP contribution in [-0.4, -0.2) is 10.4 Å². The van der Waals surface area contributed by atoms with Crippen molar-refractivity contribution in [3.8, 4) is 12.4 Å². The molecule has 0 aromatic carbocycles. The van der Waals surface area contributed by atoms with Crippen molar-refractivity contribution in [2.45, 2.75) is 0 Å². The van der Waals surface area contributed by atoms with Crippen LogP contribution < -0.4 is 5.73 Å². The molecular weight excluding hydrogens is 142 g/mol. The molecule has 9 heavy (non-hydrogen) atoms. The molecule has 0 unspecified atom stereocenters. The predicted octanol–water partition coefficient (Wildman–Crippen LogP) is -0.281. The lowest BCUT2D eigenvalue weighted by atomic mass is 10.9. The molecule has 0 atom stereocenters. The molecule has 5 nitrogen and oxygen atoms in total. The Hall–Kier alpha value is -1.46. The van der Waals surface area contributed by atoms with E-state index in [1.807, 2.05) is 0 Å². The van der Waals surface area contributed by atoms with Crippen LogP contribution in [0.15, 0.2) is 4.99 Å². The molecule has 0 heterocycles. The molecule has 0 aromatic heterocycles. The van der Waals surface area contributed by atoms with Gasteiger partial charge in [-0.15, -0.1) is 4.99 Å². The molecule has 6 heteroatoms. The number of aliphatic imine (C=N–C) groups is 1. The van der Waals surface area contributed by atoms with Crippen LogP contribution in [-0.2, 0) is 0 Å². The minimum absolute atomic E-state index is 0.332. The third-order valence-corrected chi connectivity index (χ3v) is 0.702. The molecule has 0 radical (unpaired) electrons. The topological polar surface area (TPSA) is 89.2 Å². The largest absolute Gasteiger partial charge is 0.367 e. The van der Waals surface area contributed by atoms with Crippen molar-refractivity contribution in [3.05, 3.63) is 0 Å². The summed E-state index contributed by atoms with van der Waals surface area (Å²) in [6.45, 7) is 0. The first-order valence-electron chi connectivity index (χ1n) is 1.80. The quantitative estimate of drug-likeness (QED) is 0.166. The number of halogens is 1. The van der Waals surface area contributed by atoms with Crippen molar-refractivity contribution in [3.63, 3.8) is 0 Å². The van der Waals surface area contributed by atoms with E-state index in [1.54, 1.807) is 0 Å². The van der Waals surface area contributed by atoms with Crippen LogP contribution in [0.5, 0.6) is 0 Å². The highest BCUT2D eigenvalue weighted by Gasteiger charge is 1.99. The van der Waals surface area contributed by atoms with Crippen molar-refractivity contribution in [1.82, 2.24) is 4.42 Å². The van der Waals surface area contributed by atoms with Crippen molar-refractivity contribution >= 4 is 17.7 Å². The fourth-order valence-electron chi connectivity index (χ4n) is 0.146. The molecule has 0 amide bonds. The lowest BCUT2D eigenvalue weighted by Gasteiger charge is -1.97. The Labute approximate surface area is 56.7 Å². The standard InChI is InChI=1S/C3H2ClN5/c4-9(2-6)3(7)8-1-5/h(H2,7,8). The third kappa shape index (κ3) is 2.37. The van der Waals surface area contributed by atoms with Crippen LogP contribution in [0.4, 0.5) is 0 Å². The average molecular weight is 144 g/mol. The molecule has 2 N–H and O–H groups in total. The lowest BCUT2D eigenvalue weighted by Crippen LogP contribution is -2.25. The molecule has 0 bridgehead atoms. The number of hydrogen-bond donors (Lipinski definition) is 1. The van der Waals surface area contributed by atoms with E-state index in [0.29, 0.717) is 4.42 Å². The second-order valence-electron chi connectivity index (χ2n) is 0.951. The summed E-state index contributed by atoms with van der Waals surface area (Å²) < 4.78 is 0.462. The zero-order chi connectivity index (χ0) is 7.28. The molecule has 0 saturated carbocycles. The van der Waals surface area contributed by atoms with Gasteiger partial charge in [0.25, 0.3) is 0 Å². The normalized spacial score (nSPS) is 9.44. The van der Waals surface area contributed by atoms with Crippen molar-refractivity contribution < 1.29 is 0 Å². The summed E-state index contributed by atoms with van der Waals surface area (Å²) in [5.74, 6) is -0.332. The van der Waals surface area contributed by atoms with E-state index in [1.165, 1.54) is 12.4 Å². The van der Waals surface area contributed by atoms with E-state index in [-0.39, 0.29) is 5.96 Å². The first-order valence-corrected chi connectivity index (χ1v) is 2.14. The number of rotatable bonds is 0. The van der Waals surface area contributed by atoms with Gasteiger partial charge in [-0.2, -0.15) is 14.9 Å². The highest BCUT2D eigenvalue weighted by Crippen LogP contribution is 1.87. The number of guanidine groups is 1. The Morgan fingerprint density at radius 3 is 2.56 bits per heavy atom. The molecule has 0 aromatic rings. The lowest BCUT2D eigenvalue weighted by molar-refractivity contribution is 0.907. The highest BCUT2D eigenvalue weighted by molar-refractivity contribution is 6.22. The molecule has 46 valence electrons. The van der Waals surface area contributed by atoms with Gasteiger partial charge < -0.3 is 5.73 Å². The zero-order valence-electron chi connectivity index (χ0n) is 4.24. The Kier molecular flexibility index (Phi) is 2.96. The van der Waals surface area contributed by atoms with Gasteiger partial charge in [0.1, 0.15) is 0 Å². The zero-order valence-corrected chi connectivity index (χ0v) is 5.00. The summed E-state index contributed by atoms with van der Waals surface area (Å²) in [5, 5.41) is 15.9. The third-order valence-electron chi connectivity index (χ3n) is 0.453. The summed E-state index contributed by atoms with van der Waals surface area (Å²) in [5.41, 5.74) is 4.94. The van der Waals surface area contributed by atoms with Crippen LogP contribution in [0.1, 0.15) is 0 Å². The average Bonchev–Trinajstić information content (AvgIpc) is 1.87. The Morgan fingerprint density at radius 2 is 2.22 bits per heavy atom. The summed E-state index contributed by atoms with van der Waals surface area (Å²) in [6.07, 6.45) is 2.81. The summed E-state index contributed by atoms with van der Waals surface area (Å²) in [7, 11) is 0. The van der Waals surface area contributed by atoms with E-state index in [0.717, 1.165) is 0 Å². The minimum Gasteiger partial charge on any atom is -0.367 e. The van der Waals surface area contributed by atoms with E-state index in [4.69, 9.17) is 28.0 Å². The molecule has 0 aliphatic rings. The van der Waals surface area contributed by atoms with Crippen LogP contribution in [0.25, 0.3) is 0 Å². The van der Waals surface area contributed by atoms with E-state index in [9.17, 15) is 0 Å². The Bertz CT molecular complexity index is 195. The second-order valence-corrected chi connectivity index (χ2v) is 1.29. The summed E-state index contributed by atoms with van der Waals surface area (Å²) >= 11 is 5.06. The first kappa shape index (κ1) is 7.54. The Balaban J connectivity index is 4.10. The van der Waals surface area contributed by atoms with Crippen LogP contribution in [0.2, 0.25) is 0 Å². The summed E-state index contributed by atoms with van der Waals surface area (Å²) in [4.78, 5) is 2.97. The van der Waals surface area contributed by atoms with Crippen molar-refractivity contribution in [2.24, 2.45) is 10.7 Å². The van der Waals surface area contributed by atoms with Gasteiger partial charge in [-0.05, 0) is 0 Å². The molecule has 0 spiro atoms. The van der Waals surface area contributed by atoms with Crippen LogP contribution >= 0.6 is 11.8 Å². The predicted molar refractivity (Wildman–Crippen MR) is 30.5 cm³/mol. The van der Waals surface area contributed by atoms with Gasteiger partial charge in [-0.1, -0.05) is 0 Å². The summed E-state index contributed by atoms with van der Waals surface area (Å²) in [6, 6.07) is 0. The van der Waals surface area contributed by atoms with Gasteiger partial charge in [-0.25, -0.2) is 0 Å². The van der Waals surface area contributed by atoms with Gasteiger partial charge in [0.15, 0.2) is 0 Å². The van der Waals surface area contributed by atoms with E-state index < -0.39 is 0 Å². The van der Waals surface area contributed by atoms with Gasteiger partial charge in [-0.3, -0.25) is 0 Å². The number of nitriles is 2. The molecule has 0 aliphatic heterocycles. The Morgan fingerprint density at radius 1 is 1.67 bits per heavy atom. The highest BCUT2D eigenvalue weighted by atomic mass is 35.5. The van der Waals surface area contributed by atoms with Crippen LogP contribution in [0, 0.1) is 22.9 Å². The van der Waals surface area contributed by atoms with Gasteiger partial charge in [0.2, 0.25) is 18.3 Å². The maximum Gasteiger partial charge on any atom is 0.235 e. The molecule has 0 rings (SSSR count). The van der Waals surface area contributed by atoms with E-state index >= 15 is 0 Å². The monoisotopic (exact) mass is 143 g/mol. The van der Waals surface area contributed by atoms with Crippen molar-refractivity contribution in [2.75, 3.05) is 0 Å². The van der Waals surface area contributed by atoms with Gasteiger partial charge in [0, 0.05) is 11.8 Å². The number of nitrogens with zero attached hydrogens (tertiary/aromatic N) is 4. The van der Waals surface area contributed by atoms with Crippen LogP contribution in [0.3, 0.4) is 0 Å². The van der Waals surface area contributed by atoms with Gasteiger partial charge in [0.05, 0.1) is 0 Å². The minimum atomic E-state index is -0.332. The maximum absolute atomic E-state index is 8.01. The van der Waals surface area contributed by atoms with Crippen molar-refractivity contribution in [1.29, 1.82) is 10.5 Å². The number of hydrogen-bond acceptors (Lipinski definition) is 3. The van der Waals surface area contributed by atoms with Gasteiger partial charge >= 0.3 is 0 Å². The molecule has 0 fully saturated rings. The maximum atomic E-state index is 8.01. The second kappa shape index (κ2) is 3.53. The van der Waals surface area contributed by atoms with E-state index in [2.05, 4.69) is 4.99 Å².